The molecule has 106 valence electrons. The number of carboxylic acids is 1. The van der Waals surface area contributed by atoms with Crippen molar-refractivity contribution in [3.05, 3.63) is 47.3 Å². The van der Waals surface area contributed by atoms with Crippen LogP contribution in [0.1, 0.15) is 21.6 Å². The van der Waals surface area contributed by atoms with Crippen molar-refractivity contribution in [1.29, 1.82) is 0 Å². The topological polar surface area (TPSA) is 60.7 Å². The number of nitrogens with zero attached hydrogens (tertiary/aromatic N) is 1. The van der Waals surface area contributed by atoms with Gasteiger partial charge in [-0.3, -0.25) is 0 Å². The number of aromatic carboxylic acids is 1. The molecule has 0 bridgehead atoms. The van der Waals surface area contributed by atoms with Crippen LogP contribution in [0.4, 0.5) is 0 Å². The van der Waals surface area contributed by atoms with E-state index in [-0.39, 0.29) is 0 Å². The van der Waals surface area contributed by atoms with Crippen LogP contribution in [0.25, 0.3) is 0 Å². The molecule has 0 radical (unpaired) electrons. The van der Waals surface area contributed by atoms with E-state index in [1.54, 1.807) is 38.0 Å². The summed E-state index contributed by atoms with van der Waals surface area (Å²) < 4.78 is 12.1. The van der Waals surface area contributed by atoms with E-state index in [0.29, 0.717) is 23.7 Å². The number of methoxy groups -OCH3 is 2. The summed E-state index contributed by atoms with van der Waals surface area (Å²) in [7, 11) is 3.15. The standard InChI is InChI=1S/C15H17NO4/c1-10-6-7-16(14(10)15(17)18)9-11-4-5-12(19-2)13(8-11)20-3/h4-8H,9H2,1-3H3,(H,17,18). The van der Waals surface area contributed by atoms with Crippen LogP contribution in [0.2, 0.25) is 0 Å². The molecule has 0 unspecified atom stereocenters. The third-order valence-corrected chi connectivity index (χ3v) is 3.17. The number of rotatable bonds is 5. The maximum Gasteiger partial charge on any atom is 0.352 e. The summed E-state index contributed by atoms with van der Waals surface area (Å²) in [5.41, 5.74) is 2.00. The smallest absolute Gasteiger partial charge is 0.352 e. The lowest BCUT2D eigenvalue weighted by atomic mass is 10.2. The van der Waals surface area contributed by atoms with E-state index in [4.69, 9.17) is 9.47 Å². The highest BCUT2D eigenvalue weighted by Crippen LogP contribution is 2.28. The van der Waals surface area contributed by atoms with Gasteiger partial charge in [0, 0.05) is 12.7 Å². The molecule has 0 atom stereocenters. The maximum atomic E-state index is 11.3. The first-order chi connectivity index (χ1) is 9.56. The predicted octanol–water partition coefficient (Wildman–Crippen LogP) is 2.56. The molecule has 0 saturated carbocycles. The van der Waals surface area contributed by atoms with Gasteiger partial charge < -0.3 is 19.1 Å². The van der Waals surface area contributed by atoms with Crippen LogP contribution in [0, 0.1) is 6.92 Å². The SMILES string of the molecule is COc1ccc(Cn2ccc(C)c2C(=O)O)cc1OC. The van der Waals surface area contributed by atoms with Gasteiger partial charge in [-0.25, -0.2) is 4.79 Å². The molecule has 1 heterocycles. The fourth-order valence-corrected chi connectivity index (χ4v) is 2.18. The van der Waals surface area contributed by atoms with Gasteiger partial charge in [0.15, 0.2) is 11.5 Å². The molecule has 20 heavy (non-hydrogen) atoms. The average molecular weight is 275 g/mol. The quantitative estimate of drug-likeness (QED) is 0.911. The molecule has 0 aliphatic rings. The minimum Gasteiger partial charge on any atom is -0.493 e. The van der Waals surface area contributed by atoms with Crippen molar-refractivity contribution in [2.75, 3.05) is 14.2 Å². The summed E-state index contributed by atoms with van der Waals surface area (Å²) in [4.78, 5) is 11.3. The van der Waals surface area contributed by atoms with E-state index >= 15 is 0 Å². The zero-order chi connectivity index (χ0) is 14.7. The van der Waals surface area contributed by atoms with Crippen molar-refractivity contribution in [3.8, 4) is 11.5 Å². The number of ether oxygens (including phenoxy) is 2. The Kier molecular flexibility index (Phi) is 3.98. The molecular formula is C15H17NO4. The third kappa shape index (κ3) is 2.61. The summed E-state index contributed by atoms with van der Waals surface area (Å²) in [6.45, 7) is 2.25. The van der Waals surface area contributed by atoms with E-state index in [0.717, 1.165) is 11.1 Å². The van der Waals surface area contributed by atoms with Crippen LogP contribution in [0.15, 0.2) is 30.5 Å². The lowest BCUT2D eigenvalue weighted by molar-refractivity contribution is 0.0685. The third-order valence-electron chi connectivity index (χ3n) is 3.17. The first-order valence-corrected chi connectivity index (χ1v) is 6.16. The normalized spacial score (nSPS) is 10.3. The van der Waals surface area contributed by atoms with Gasteiger partial charge in [-0.1, -0.05) is 6.07 Å². The summed E-state index contributed by atoms with van der Waals surface area (Å²) in [6.07, 6.45) is 1.77. The van der Waals surface area contributed by atoms with Crippen molar-refractivity contribution in [3.63, 3.8) is 0 Å². The molecular weight excluding hydrogens is 258 g/mol. The highest BCUT2D eigenvalue weighted by atomic mass is 16.5. The molecule has 0 aliphatic carbocycles. The Morgan fingerprint density at radius 3 is 2.50 bits per heavy atom. The molecule has 0 spiro atoms. The minimum absolute atomic E-state index is 0.305. The molecule has 0 saturated heterocycles. The Labute approximate surface area is 117 Å². The summed E-state index contributed by atoms with van der Waals surface area (Å²) >= 11 is 0. The number of carbonyl (C=O) groups is 1. The predicted molar refractivity (Wildman–Crippen MR) is 74.8 cm³/mol. The fraction of sp³-hybridized carbons (Fsp3) is 0.267. The zero-order valence-electron chi connectivity index (χ0n) is 11.7. The van der Waals surface area contributed by atoms with Crippen LogP contribution in [-0.4, -0.2) is 29.9 Å². The van der Waals surface area contributed by atoms with Gasteiger partial charge in [-0.2, -0.15) is 0 Å². The largest absolute Gasteiger partial charge is 0.493 e. The average Bonchev–Trinajstić information content (AvgIpc) is 2.79. The Balaban J connectivity index is 2.33. The molecule has 1 N–H and O–H groups in total. The molecule has 2 rings (SSSR count). The Morgan fingerprint density at radius 2 is 1.90 bits per heavy atom. The second kappa shape index (κ2) is 5.69. The molecule has 5 heteroatoms. The number of hydrogen-bond acceptors (Lipinski definition) is 3. The van der Waals surface area contributed by atoms with Crippen molar-refractivity contribution in [2.45, 2.75) is 13.5 Å². The lowest BCUT2D eigenvalue weighted by Crippen LogP contribution is -2.10. The maximum absolute atomic E-state index is 11.3. The molecule has 1 aromatic heterocycles. The van der Waals surface area contributed by atoms with Gasteiger partial charge in [0.1, 0.15) is 5.69 Å². The van der Waals surface area contributed by atoms with Gasteiger partial charge in [0.25, 0.3) is 0 Å². The van der Waals surface area contributed by atoms with Crippen molar-refractivity contribution >= 4 is 5.97 Å². The molecule has 0 aliphatic heterocycles. The van der Waals surface area contributed by atoms with Gasteiger partial charge in [0.05, 0.1) is 14.2 Å². The van der Waals surface area contributed by atoms with Gasteiger partial charge in [-0.05, 0) is 36.2 Å². The number of carboxylic acid groups (broad SMARTS) is 1. The highest BCUT2D eigenvalue weighted by Gasteiger charge is 2.14. The molecule has 2 aromatic rings. The van der Waals surface area contributed by atoms with E-state index in [1.165, 1.54) is 0 Å². The van der Waals surface area contributed by atoms with Crippen LogP contribution in [0.3, 0.4) is 0 Å². The summed E-state index contributed by atoms with van der Waals surface area (Å²) in [5.74, 6) is 0.358. The lowest BCUT2D eigenvalue weighted by Gasteiger charge is -2.11. The summed E-state index contributed by atoms with van der Waals surface area (Å²) in [6, 6.07) is 7.34. The highest BCUT2D eigenvalue weighted by molar-refractivity contribution is 5.87. The van der Waals surface area contributed by atoms with Gasteiger partial charge in [0.2, 0.25) is 0 Å². The van der Waals surface area contributed by atoms with E-state index in [2.05, 4.69) is 0 Å². The number of hydrogen-bond donors (Lipinski definition) is 1. The number of benzene rings is 1. The van der Waals surface area contributed by atoms with Crippen LogP contribution < -0.4 is 9.47 Å². The van der Waals surface area contributed by atoms with Crippen molar-refractivity contribution < 1.29 is 19.4 Å². The van der Waals surface area contributed by atoms with Gasteiger partial charge in [-0.15, -0.1) is 0 Å². The van der Waals surface area contributed by atoms with Crippen LogP contribution >= 0.6 is 0 Å². The first kappa shape index (κ1) is 14.0. The number of aromatic nitrogens is 1. The summed E-state index contributed by atoms with van der Waals surface area (Å²) in [5, 5.41) is 9.23. The molecule has 5 nitrogen and oxygen atoms in total. The Hall–Kier alpha value is -2.43. The second-order valence-corrected chi connectivity index (χ2v) is 4.47. The second-order valence-electron chi connectivity index (χ2n) is 4.47. The molecule has 0 amide bonds. The minimum atomic E-state index is -0.923. The Bertz CT molecular complexity index is 631. The van der Waals surface area contributed by atoms with Crippen LogP contribution in [0.5, 0.6) is 11.5 Å². The monoisotopic (exact) mass is 275 g/mol. The van der Waals surface area contributed by atoms with Crippen LogP contribution in [-0.2, 0) is 6.54 Å². The van der Waals surface area contributed by atoms with E-state index in [9.17, 15) is 9.90 Å². The van der Waals surface area contributed by atoms with Crippen molar-refractivity contribution in [2.24, 2.45) is 0 Å². The first-order valence-electron chi connectivity index (χ1n) is 6.16. The van der Waals surface area contributed by atoms with E-state index in [1.807, 2.05) is 18.2 Å². The zero-order valence-corrected chi connectivity index (χ0v) is 11.7. The molecule has 0 fully saturated rings. The fourth-order valence-electron chi connectivity index (χ4n) is 2.18. The molecule has 1 aromatic carbocycles. The number of aryl methyl sites for hydroxylation is 1. The van der Waals surface area contributed by atoms with Crippen molar-refractivity contribution in [1.82, 2.24) is 4.57 Å². The Morgan fingerprint density at radius 1 is 1.20 bits per heavy atom. The van der Waals surface area contributed by atoms with Gasteiger partial charge >= 0.3 is 5.97 Å². The van der Waals surface area contributed by atoms with E-state index < -0.39 is 5.97 Å².